The Morgan fingerprint density at radius 2 is 2.06 bits per heavy atom. The fraction of sp³-hybridized carbons (Fsp3) is 0.500. The zero-order valence-electron chi connectivity index (χ0n) is 20.7. The van der Waals surface area contributed by atoms with E-state index in [9.17, 15) is 9.18 Å². The first-order chi connectivity index (χ1) is 16.3. The van der Waals surface area contributed by atoms with Crippen molar-refractivity contribution in [2.45, 2.75) is 64.4 Å². The summed E-state index contributed by atoms with van der Waals surface area (Å²) < 4.78 is 20.0. The molecule has 0 amide bonds. The van der Waals surface area contributed by atoms with Crippen LogP contribution >= 0.6 is 0 Å². The highest BCUT2D eigenvalue weighted by molar-refractivity contribution is 5.74. The van der Waals surface area contributed by atoms with Crippen molar-refractivity contribution < 1.29 is 13.9 Å². The number of benzene rings is 2. The van der Waals surface area contributed by atoms with Crippen molar-refractivity contribution in [1.82, 2.24) is 14.9 Å². The lowest BCUT2D eigenvalue weighted by molar-refractivity contribution is -0.164. The van der Waals surface area contributed by atoms with E-state index in [1.54, 1.807) is 6.07 Å². The van der Waals surface area contributed by atoms with Crippen LogP contribution in [-0.4, -0.2) is 46.6 Å². The molecular weight excluding hydrogens is 429 g/mol. The van der Waals surface area contributed by atoms with Crippen LogP contribution < -0.4 is 0 Å². The molecule has 0 saturated heterocycles. The number of para-hydroxylation sites is 2. The number of nitrogens with zero attached hydrogens (tertiary/aromatic N) is 2. The lowest BCUT2D eigenvalue weighted by Crippen LogP contribution is -2.48. The summed E-state index contributed by atoms with van der Waals surface area (Å²) >= 11 is 0. The summed E-state index contributed by atoms with van der Waals surface area (Å²) in [6.07, 6.45) is 4.08. The third-order valence-corrected chi connectivity index (χ3v) is 7.15. The first-order valence-electron chi connectivity index (χ1n) is 12.4. The molecule has 182 valence electrons. The molecule has 2 aromatic carbocycles. The fourth-order valence-corrected chi connectivity index (χ4v) is 5.71. The third kappa shape index (κ3) is 5.33. The number of esters is 1. The van der Waals surface area contributed by atoms with Crippen molar-refractivity contribution in [3.05, 3.63) is 65.2 Å². The summed E-state index contributed by atoms with van der Waals surface area (Å²) in [4.78, 5) is 22.6. The molecule has 1 aromatic heterocycles. The van der Waals surface area contributed by atoms with Crippen LogP contribution in [0.4, 0.5) is 4.39 Å². The van der Waals surface area contributed by atoms with Gasteiger partial charge in [0.1, 0.15) is 17.2 Å². The predicted octanol–water partition coefficient (Wildman–Crippen LogP) is 5.64. The summed E-state index contributed by atoms with van der Waals surface area (Å²) in [5, 5.41) is 0. The SMILES string of the molecule is CC(=O)O[C@]1(CCN(C)CCCc2nc3ccccc3[nH]2)CCc2cc(F)ccc2[C@@H]1C(C)C. The predicted molar refractivity (Wildman–Crippen MR) is 133 cm³/mol. The van der Waals surface area contributed by atoms with E-state index in [-0.39, 0.29) is 23.6 Å². The molecule has 0 spiro atoms. The van der Waals surface area contributed by atoms with E-state index >= 15 is 0 Å². The minimum absolute atomic E-state index is 0.0460. The number of carbonyl (C=O) groups is 1. The lowest BCUT2D eigenvalue weighted by Gasteiger charge is -2.47. The quantitative estimate of drug-likeness (QED) is 0.415. The summed E-state index contributed by atoms with van der Waals surface area (Å²) in [7, 11) is 2.12. The van der Waals surface area contributed by atoms with Gasteiger partial charge in [0, 0.05) is 32.2 Å². The average molecular weight is 466 g/mol. The van der Waals surface area contributed by atoms with E-state index in [4.69, 9.17) is 4.74 Å². The molecule has 1 aliphatic carbocycles. The molecule has 0 saturated carbocycles. The number of imidazole rings is 1. The monoisotopic (exact) mass is 465 g/mol. The standard InChI is InChI=1S/C28H36FN3O2/c1-19(2)27-23-12-11-22(29)18-21(23)13-14-28(27,34-20(3)33)15-17-32(4)16-7-10-26-30-24-8-5-6-9-25(24)31-26/h5-6,8-9,11-12,18-19,27H,7,10,13-17H2,1-4H3,(H,30,31)/t27-,28-/m0/s1. The Hall–Kier alpha value is -2.73. The van der Waals surface area contributed by atoms with Crippen LogP contribution in [0.1, 0.15) is 62.9 Å². The number of aromatic amines is 1. The largest absolute Gasteiger partial charge is 0.459 e. The van der Waals surface area contributed by atoms with Crippen LogP contribution in [0, 0.1) is 11.7 Å². The van der Waals surface area contributed by atoms with Crippen molar-refractivity contribution in [1.29, 1.82) is 0 Å². The van der Waals surface area contributed by atoms with Gasteiger partial charge in [-0.3, -0.25) is 4.79 Å². The van der Waals surface area contributed by atoms with Gasteiger partial charge in [-0.05, 0) is 74.2 Å². The van der Waals surface area contributed by atoms with Gasteiger partial charge in [-0.2, -0.15) is 0 Å². The number of fused-ring (bicyclic) bond motifs is 2. The molecule has 5 nitrogen and oxygen atoms in total. The molecule has 1 aliphatic rings. The van der Waals surface area contributed by atoms with Crippen LogP contribution in [0.25, 0.3) is 11.0 Å². The molecule has 3 aromatic rings. The topological polar surface area (TPSA) is 58.2 Å². The second-order valence-electron chi connectivity index (χ2n) is 10.1. The van der Waals surface area contributed by atoms with E-state index in [0.717, 1.165) is 73.2 Å². The molecule has 34 heavy (non-hydrogen) atoms. The Kier molecular flexibility index (Phi) is 7.36. The molecule has 2 atom stereocenters. The van der Waals surface area contributed by atoms with Crippen LogP contribution in [0.2, 0.25) is 0 Å². The van der Waals surface area contributed by atoms with Gasteiger partial charge in [-0.15, -0.1) is 0 Å². The highest BCUT2D eigenvalue weighted by Gasteiger charge is 2.47. The van der Waals surface area contributed by atoms with Crippen LogP contribution in [0.5, 0.6) is 0 Å². The van der Waals surface area contributed by atoms with Gasteiger partial charge in [0.25, 0.3) is 0 Å². The number of aryl methyl sites for hydroxylation is 2. The van der Waals surface area contributed by atoms with Gasteiger partial charge in [0.05, 0.1) is 11.0 Å². The minimum atomic E-state index is -0.572. The third-order valence-electron chi connectivity index (χ3n) is 7.15. The van der Waals surface area contributed by atoms with E-state index in [1.807, 2.05) is 30.3 Å². The maximum atomic E-state index is 13.9. The number of carbonyl (C=O) groups excluding carboxylic acids is 1. The second kappa shape index (κ2) is 10.3. The normalized spacial score (nSPS) is 20.1. The molecule has 4 rings (SSSR count). The first-order valence-corrected chi connectivity index (χ1v) is 12.4. The van der Waals surface area contributed by atoms with Gasteiger partial charge >= 0.3 is 5.97 Å². The fourth-order valence-electron chi connectivity index (χ4n) is 5.71. The molecule has 0 aliphatic heterocycles. The van der Waals surface area contributed by atoms with Crippen LogP contribution in [0.3, 0.4) is 0 Å². The van der Waals surface area contributed by atoms with E-state index in [0.29, 0.717) is 0 Å². The van der Waals surface area contributed by atoms with E-state index in [1.165, 1.54) is 13.0 Å². The van der Waals surface area contributed by atoms with Gasteiger partial charge in [-0.1, -0.05) is 32.0 Å². The zero-order valence-corrected chi connectivity index (χ0v) is 20.7. The Balaban J connectivity index is 1.42. The highest BCUT2D eigenvalue weighted by Crippen LogP contribution is 2.48. The molecule has 1 heterocycles. The number of hydrogen-bond acceptors (Lipinski definition) is 4. The number of hydrogen-bond donors (Lipinski definition) is 1. The number of rotatable bonds is 9. The van der Waals surface area contributed by atoms with Gasteiger partial charge in [0.15, 0.2) is 0 Å². The lowest BCUT2D eigenvalue weighted by atomic mass is 9.65. The van der Waals surface area contributed by atoms with Crippen LogP contribution in [-0.2, 0) is 22.4 Å². The Bertz CT molecular complexity index is 1110. The van der Waals surface area contributed by atoms with Crippen molar-refractivity contribution in [2.24, 2.45) is 5.92 Å². The van der Waals surface area contributed by atoms with E-state index in [2.05, 4.69) is 35.8 Å². The van der Waals surface area contributed by atoms with Crippen molar-refractivity contribution in [3.8, 4) is 0 Å². The Morgan fingerprint density at radius 3 is 2.79 bits per heavy atom. The summed E-state index contributed by atoms with van der Waals surface area (Å²) in [6, 6.07) is 13.2. The molecule has 0 radical (unpaired) electrons. The smallest absolute Gasteiger partial charge is 0.303 e. The van der Waals surface area contributed by atoms with Crippen molar-refractivity contribution in [2.75, 3.05) is 20.1 Å². The van der Waals surface area contributed by atoms with Crippen molar-refractivity contribution in [3.63, 3.8) is 0 Å². The number of nitrogens with one attached hydrogen (secondary N) is 1. The number of ether oxygens (including phenoxy) is 1. The molecule has 0 bridgehead atoms. The highest BCUT2D eigenvalue weighted by atomic mass is 19.1. The molecule has 6 heteroatoms. The van der Waals surface area contributed by atoms with Gasteiger partial charge in [0.2, 0.25) is 0 Å². The number of H-pyrrole nitrogens is 1. The zero-order chi connectivity index (χ0) is 24.3. The van der Waals surface area contributed by atoms with Crippen molar-refractivity contribution >= 4 is 17.0 Å². The molecule has 0 unspecified atom stereocenters. The minimum Gasteiger partial charge on any atom is -0.459 e. The summed E-state index contributed by atoms with van der Waals surface area (Å²) in [6.45, 7) is 7.59. The van der Waals surface area contributed by atoms with Crippen LogP contribution in [0.15, 0.2) is 42.5 Å². The second-order valence-corrected chi connectivity index (χ2v) is 10.1. The van der Waals surface area contributed by atoms with Gasteiger partial charge < -0.3 is 14.6 Å². The molecular formula is C28H36FN3O2. The Morgan fingerprint density at radius 1 is 1.26 bits per heavy atom. The molecule has 1 N–H and O–H groups in total. The maximum absolute atomic E-state index is 13.9. The summed E-state index contributed by atoms with van der Waals surface area (Å²) in [5.41, 5.74) is 3.67. The first kappa shape index (κ1) is 24.4. The number of halogens is 1. The average Bonchev–Trinajstić information content (AvgIpc) is 3.20. The summed E-state index contributed by atoms with van der Waals surface area (Å²) in [5.74, 6) is 0.878. The maximum Gasteiger partial charge on any atom is 0.303 e. The van der Waals surface area contributed by atoms with Gasteiger partial charge in [-0.25, -0.2) is 9.37 Å². The molecule has 0 fully saturated rings. The Labute approximate surface area is 201 Å². The van der Waals surface area contributed by atoms with E-state index < -0.39 is 5.60 Å². The number of aromatic nitrogens is 2.